The quantitative estimate of drug-likeness (QED) is 0.883. The van der Waals surface area contributed by atoms with Crippen molar-refractivity contribution in [1.82, 2.24) is 10.3 Å². The van der Waals surface area contributed by atoms with Crippen molar-refractivity contribution in [3.63, 3.8) is 0 Å². The van der Waals surface area contributed by atoms with Gasteiger partial charge in [-0.05, 0) is 17.2 Å². The van der Waals surface area contributed by atoms with Gasteiger partial charge in [-0.2, -0.15) is 5.26 Å². The van der Waals surface area contributed by atoms with Gasteiger partial charge in [-0.1, -0.05) is 30.3 Å². The van der Waals surface area contributed by atoms with E-state index in [1.807, 2.05) is 18.2 Å². The van der Waals surface area contributed by atoms with Crippen LogP contribution in [0.2, 0.25) is 0 Å². The highest BCUT2D eigenvalue weighted by Crippen LogP contribution is 2.24. The van der Waals surface area contributed by atoms with Gasteiger partial charge in [0.15, 0.2) is 0 Å². The number of aromatic nitrogens is 1. The van der Waals surface area contributed by atoms with Gasteiger partial charge in [0, 0.05) is 18.8 Å². The molecule has 2 aromatic rings. The van der Waals surface area contributed by atoms with E-state index in [0.717, 1.165) is 11.1 Å². The molecule has 2 rings (SSSR count). The summed E-state index contributed by atoms with van der Waals surface area (Å²) >= 11 is 0. The minimum absolute atomic E-state index is 0.246. The molecule has 0 aliphatic rings. The predicted molar refractivity (Wildman–Crippen MR) is 85.4 cm³/mol. The zero-order chi connectivity index (χ0) is 16.8. The number of halogens is 1. The molecule has 1 aromatic carbocycles. The number of nitriles is 1. The topological polar surface area (TPSA) is 91.8 Å². The zero-order valence-electron chi connectivity index (χ0n) is 12.7. The third-order valence-electron chi connectivity index (χ3n) is 3.57. The smallest absolute Gasteiger partial charge is 0.269 e. The number of benzene rings is 1. The highest BCUT2D eigenvalue weighted by atomic mass is 19.1. The molecule has 3 N–H and O–H groups in total. The maximum Gasteiger partial charge on any atom is 0.269 e. The molecule has 6 heteroatoms. The van der Waals surface area contributed by atoms with E-state index in [-0.39, 0.29) is 5.91 Å². The van der Waals surface area contributed by atoms with Gasteiger partial charge in [-0.25, -0.2) is 4.39 Å². The normalized spacial score (nSPS) is 13.0. The molecule has 1 heterocycles. The molecule has 0 saturated carbocycles. The van der Waals surface area contributed by atoms with Crippen LogP contribution in [0.1, 0.15) is 22.0 Å². The Bertz CT molecular complexity index is 707. The summed E-state index contributed by atoms with van der Waals surface area (Å²) in [6.45, 7) is -0.745. The average Bonchev–Trinajstić information content (AvgIpc) is 2.62. The van der Waals surface area contributed by atoms with Crippen molar-refractivity contribution in [2.45, 2.75) is 12.0 Å². The van der Waals surface area contributed by atoms with Crippen LogP contribution in [0.5, 0.6) is 0 Å². The molecule has 0 saturated heterocycles. The molecule has 0 bridgehead atoms. The van der Waals surface area contributed by atoms with Crippen molar-refractivity contribution < 1.29 is 9.18 Å². The number of nitrogens with one attached hydrogen (secondary N) is 1. The number of pyridine rings is 1. The Morgan fingerprint density at radius 1 is 1.30 bits per heavy atom. The van der Waals surface area contributed by atoms with E-state index in [0.29, 0.717) is 11.3 Å². The number of rotatable bonds is 5. The van der Waals surface area contributed by atoms with E-state index < -0.39 is 18.6 Å². The van der Waals surface area contributed by atoms with Gasteiger partial charge >= 0.3 is 0 Å². The SMILES string of the molecule is CNC(=O)c1ccc(-c2ccc([C@@H](C#N)[C@H](N)CF)cc2)cn1. The lowest BCUT2D eigenvalue weighted by Gasteiger charge is -2.15. The van der Waals surface area contributed by atoms with Crippen LogP contribution in [0.3, 0.4) is 0 Å². The van der Waals surface area contributed by atoms with Crippen LogP contribution >= 0.6 is 0 Å². The van der Waals surface area contributed by atoms with Crippen molar-refractivity contribution in [2.24, 2.45) is 5.73 Å². The lowest BCUT2D eigenvalue weighted by atomic mass is 9.92. The minimum Gasteiger partial charge on any atom is -0.354 e. The van der Waals surface area contributed by atoms with Crippen LogP contribution in [0.25, 0.3) is 11.1 Å². The van der Waals surface area contributed by atoms with Crippen LogP contribution in [0.4, 0.5) is 4.39 Å². The molecular weight excluding hydrogens is 295 g/mol. The molecule has 1 aromatic heterocycles. The summed E-state index contributed by atoms with van der Waals surface area (Å²) in [5.74, 6) is -0.924. The van der Waals surface area contributed by atoms with Gasteiger partial charge in [0.05, 0.1) is 18.0 Å². The zero-order valence-corrected chi connectivity index (χ0v) is 12.7. The first-order chi connectivity index (χ1) is 11.1. The molecule has 0 aliphatic carbocycles. The Hall–Kier alpha value is -2.78. The van der Waals surface area contributed by atoms with Gasteiger partial charge in [-0.15, -0.1) is 0 Å². The Balaban J connectivity index is 2.22. The minimum atomic E-state index is -0.834. The molecule has 0 aliphatic heterocycles. The Kier molecular flexibility index (Phi) is 5.39. The second-order valence-corrected chi connectivity index (χ2v) is 5.06. The van der Waals surface area contributed by atoms with Gasteiger partial charge in [-0.3, -0.25) is 9.78 Å². The van der Waals surface area contributed by atoms with Gasteiger partial charge < -0.3 is 11.1 Å². The maximum atomic E-state index is 12.7. The van der Waals surface area contributed by atoms with Gasteiger partial charge in [0.25, 0.3) is 5.91 Å². The Labute approximate surface area is 134 Å². The number of alkyl halides is 1. The van der Waals surface area contributed by atoms with Gasteiger partial charge in [0.2, 0.25) is 0 Å². The van der Waals surface area contributed by atoms with E-state index in [1.165, 1.54) is 0 Å². The van der Waals surface area contributed by atoms with E-state index in [2.05, 4.69) is 10.3 Å². The summed E-state index contributed by atoms with van der Waals surface area (Å²) in [6.07, 6.45) is 1.61. The van der Waals surface area contributed by atoms with Crippen LogP contribution in [-0.4, -0.2) is 30.7 Å². The molecule has 2 atom stereocenters. The van der Waals surface area contributed by atoms with Crippen molar-refractivity contribution in [2.75, 3.05) is 13.7 Å². The van der Waals surface area contributed by atoms with E-state index in [1.54, 1.807) is 37.5 Å². The fourth-order valence-corrected chi connectivity index (χ4v) is 2.22. The predicted octanol–water partition coefficient (Wildman–Crippen LogP) is 2.01. The highest BCUT2D eigenvalue weighted by molar-refractivity contribution is 5.92. The summed E-state index contributed by atoms with van der Waals surface area (Å²) in [5.41, 5.74) is 8.36. The second kappa shape index (κ2) is 7.47. The summed E-state index contributed by atoms with van der Waals surface area (Å²) in [7, 11) is 1.55. The summed E-state index contributed by atoms with van der Waals surface area (Å²) in [6, 6.07) is 11.8. The third kappa shape index (κ3) is 3.71. The molecule has 118 valence electrons. The maximum absolute atomic E-state index is 12.7. The van der Waals surface area contributed by atoms with E-state index in [9.17, 15) is 9.18 Å². The molecular formula is C17H17FN4O. The highest BCUT2D eigenvalue weighted by Gasteiger charge is 2.19. The standard InChI is InChI=1S/C17H17FN4O/c1-21-17(23)16-7-6-13(10-22-16)11-2-4-12(5-3-11)14(9-19)15(20)8-18/h2-7,10,14-15H,8,20H2,1H3,(H,21,23)/t14-,15-/m1/s1. The fourth-order valence-electron chi connectivity index (χ4n) is 2.22. The largest absolute Gasteiger partial charge is 0.354 e. The van der Waals surface area contributed by atoms with E-state index in [4.69, 9.17) is 11.0 Å². The van der Waals surface area contributed by atoms with E-state index >= 15 is 0 Å². The van der Waals surface area contributed by atoms with Crippen LogP contribution < -0.4 is 11.1 Å². The molecule has 23 heavy (non-hydrogen) atoms. The fraction of sp³-hybridized carbons (Fsp3) is 0.235. The summed E-state index contributed by atoms with van der Waals surface area (Å²) < 4.78 is 12.7. The molecule has 0 radical (unpaired) electrons. The first-order valence-corrected chi connectivity index (χ1v) is 7.10. The summed E-state index contributed by atoms with van der Waals surface area (Å²) in [4.78, 5) is 15.6. The first-order valence-electron chi connectivity index (χ1n) is 7.10. The number of amides is 1. The average molecular weight is 312 g/mol. The van der Waals surface area contributed by atoms with Crippen LogP contribution in [0, 0.1) is 11.3 Å². The van der Waals surface area contributed by atoms with Crippen LogP contribution in [0.15, 0.2) is 42.6 Å². The van der Waals surface area contributed by atoms with Gasteiger partial charge in [0.1, 0.15) is 12.4 Å². The van der Waals surface area contributed by atoms with Crippen molar-refractivity contribution >= 4 is 5.91 Å². The Morgan fingerprint density at radius 2 is 1.96 bits per heavy atom. The first kappa shape index (κ1) is 16.6. The number of carbonyl (C=O) groups is 1. The third-order valence-corrected chi connectivity index (χ3v) is 3.57. The second-order valence-electron chi connectivity index (χ2n) is 5.06. The Morgan fingerprint density at radius 3 is 2.43 bits per heavy atom. The van der Waals surface area contributed by atoms with Crippen molar-refractivity contribution in [3.05, 3.63) is 53.9 Å². The molecule has 5 nitrogen and oxygen atoms in total. The van der Waals surface area contributed by atoms with Crippen molar-refractivity contribution in [1.29, 1.82) is 5.26 Å². The monoisotopic (exact) mass is 312 g/mol. The lowest BCUT2D eigenvalue weighted by Crippen LogP contribution is -2.29. The molecule has 0 fully saturated rings. The van der Waals surface area contributed by atoms with Crippen LogP contribution in [-0.2, 0) is 0 Å². The number of nitrogens with two attached hydrogens (primary N) is 1. The van der Waals surface area contributed by atoms with Crippen molar-refractivity contribution in [3.8, 4) is 17.2 Å². The number of hydrogen-bond acceptors (Lipinski definition) is 4. The summed E-state index contributed by atoms with van der Waals surface area (Å²) in [5, 5.41) is 11.6. The molecule has 0 spiro atoms. The number of carbonyl (C=O) groups excluding carboxylic acids is 1. The number of nitrogens with zero attached hydrogens (tertiary/aromatic N) is 2. The number of hydrogen-bond donors (Lipinski definition) is 2. The lowest BCUT2D eigenvalue weighted by molar-refractivity contribution is 0.0958. The molecule has 1 amide bonds. The molecule has 0 unspecified atom stereocenters.